The number of nitrogens with one attached hydrogen (secondary N) is 1. The molecule has 2 bridgehead atoms. The number of hydrogen-bond donors (Lipinski definition) is 2. The summed E-state index contributed by atoms with van der Waals surface area (Å²) in [5, 5.41) is 12.8. The van der Waals surface area contributed by atoms with E-state index in [9.17, 15) is 9.90 Å². The molecule has 0 saturated carbocycles. The number of amides is 1. The van der Waals surface area contributed by atoms with E-state index < -0.39 is 0 Å². The lowest BCUT2D eigenvalue weighted by Gasteiger charge is -2.36. The molecule has 2 saturated heterocycles. The molecule has 114 valence electrons. The molecule has 0 aromatic heterocycles. The van der Waals surface area contributed by atoms with Gasteiger partial charge in [-0.3, -0.25) is 9.69 Å². The SMILES string of the molecule is CCc1cccc(NC(=O)CN2C3CCC2CC(O)C3)c1. The fourth-order valence-corrected chi connectivity index (χ4v) is 3.74. The van der Waals surface area contributed by atoms with Crippen LogP contribution in [0.25, 0.3) is 0 Å². The third-order valence-corrected chi connectivity index (χ3v) is 4.80. The third kappa shape index (κ3) is 3.27. The van der Waals surface area contributed by atoms with Crippen molar-refractivity contribution in [2.24, 2.45) is 0 Å². The molecule has 4 heteroatoms. The third-order valence-electron chi connectivity index (χ3n) is 4.80. The minimum absolute atomic E-state index is 0.0524. The van der Waals surface area contributed by atoms with Crippen molar-refractivity contribution in [1.82, 2.24) is 4.90 Å². The predicted octanol–water partition coefficient (Wildman–Crippen LogP) is 2.18. The molecular weight excluding hydrogens is 264 g/mol. The molecule has 2 N–H and O–H groups in total. The Hall–Kier alpha value is -1.39. The fraction of sp³-hybridized carbons (Fsp3) is 0.588. The Morgan fingerprint density at radius 3 is 2.71 bits per heavy atom. The molecule has 3 rings (SSSR count). The standard InChI is InChI=1S/C17H24N2O2/c1-2-12-4-3-5-13(8-12)18-17(21)11-19-14-6-7-15(19)10-16(20)9-14/h3-5,8,14-16,20H,2,6-7,9-11H2,1H3,(H,18,21). The Morgan fingerprint density at radius 1 is 1.33 bits per heavy atom. The zero-order valence-electron chi connectivity index (χ0n) is 12.6. The first-order chi connectivity index (χ1) is 10.2. The minimum Gasteiger partial charge on any atom is -0.393 e. The molecule has 2 heterocycles. The van der Waals surface area contributed by atoms with Crippen molar-refractivity contribution in [3.8, 4) is 0 Å². The molecule has 4 nitrogen and oxygen atoms in total. The largest absolute Gasteiger partial charge is 0.393 e. The average Bonchev–Trinajstić information content (AvgIpc) is 2.70. The van der Waals surface area contributed by atoms with Gasteiger partial charge in [-0.25, -0.2) is 0 Å². The van der Waals surface area contributed by atoms with Crippen molar-refractivity contribution in [3.63, 3.8) is 0 Å². The number of aryl methyl sites for hydroxylation is 1. The van der Waals surface area contributed by atoms with Gasteiger partial charge in [-0.1, -0.05) is 19.1 Å². The van der Waals surface area contributed by atoms with Crippen LogP contribution in [0.15, 0.2) is 24.3 Å². The molecule has 1 aromatic carbocycles. The van der Waals surface area contributed by atoms with Crippen molar-refractivity contribution in [1.29, 1.82) is 0 Å². The summed E-state index contributed by atoms with van der Waals surface area (Å²) < 4.78 is 0. The molecule has 1 aromatic rings. The van der Waals surface area contributed by atoms with Gasteiger partial charge in [0.05, 0.1) is 12.6 Å². The number of anilines is 1. The van der Waals surface area contributed by atoms with Gasteiger partial charge in [0.25, 0.3) is 0 Å². The molecule has 2 aliphatic rings. The van der Waals surface area contributed by atoms with Crippen LogP contribution in [0.4, 0.5) is 5.69 Å². The van der Waals surface area contributed by atoms with Gasteiger partial charge < -0.3 is 10.4 Å². The summed E-state index contributed by atoms with van der Waals surface area (Å²) in [7, 11) is 0. The molecule has 2 atom stereocenters. The normalized spacial score (nSPS) is 28.6. The first-order valence-corrected chi connectivity index (χ1v) is 7.98. The number of aliphatic hydroxyl groups excluding tert-OH is 1. The lowest BCUT2D eigenvalue weighted by molar-refractivity contribution is -0.119. The quantitative estimate of drug-likeness (QED) is 0.893. The number of rotatable bonds is 4. The van der Waals surface area contributed by atoms with Crippen LogP contribution in [0.5, 0.6) is 0 Å². The Bertz CT molecular complexity index is 503. The number of fused-ring (bicyclic) bond motifs is 2. The zero-order chi connectivity index (χ0) is 14.8. The Morgan fingerprint density at radius 2 is 2.05 bits per heavy atom. The number of piperidine rings is 1. The maximum Gasteiger partial charge on any atom is 0.238 e. The first-order valence-electron chi connectivity index (χ1n) is 7.98. The Kier molecular flexibility index (Phi) is 4.27. The number of aliphatic hydroxyl groups is 1. The van der Waals surface area contributed by atoms with Crippen LogP contribution in [0, 0.1) is 0 Å². The van der Waals surface area contributed by atoms with Crippen molar-refractivity contribution >= 4 is 11.6 Å². The number of hydrogen-bond acceptors (Lipinski definition) is 3. The van der Waals surface area contributed by atoms with Gasteiger partial charge in [-0.2, -0.15) is 0 Å². The fourth-order valence-electron chi connectivity index (χ4n) is 3.74. The number of nitrogens with zero attached hydrogens (tertiary/aromatic N) is 1. The maximum absolute atomic E-state index is 12.3. The zero-order valence-corrected chi connectivity index (χ0v) is 12.6. The maximum atomic E-state index is 12.3. The molecule has 2 fully saturated rings. The Balaban J connectivity index is 1.59. The van der Waals surface area contributed by atoms with Crippen LogP contribution in [-0.4, -0.2) is 40.6 Å². The molecule has 0 aliphatic carbocycles. The van der Waals surface area contributed by atoms with Gasteiger partial charge >= 0.3 is 0 Å². The van der Waals surface area contributed by atoms with Crippen LogP contribution < -0.4 is 5.32 Å². The van der Waals surface area contributed by atoms with Crippen LogP contribution in [0.3, 0.4) is 0 Å². The monoisotopic (exact) mass is 288 g/mol. The summed E-state index contributed by atoms with van der Waals surface area (Å²) in [4.78, 5) is 14.5. The van der Waals surface area contributed by atoms with Gasteiger partial charge in [0, 0.05) is 17.8 Å². The van der Waals surface area contributed by atoms with Gasteiger partial charge in [-0.05, 0) is 49.8 Å². The summed E-state index contributed by atoms with van der Waals surface area (Å²) in [5.41, 5.74) is 2.11. The van der Waals surface area contributed by atoms with E-state index in [1.54, 1.807) is 0 Å². The summed E-state index contributed by atoms with van der Waals surface area (Å²) >= 11 is 0. The second-order valence-electron chi connectivity index (χ2n) is 6.28. The van der Waals surface area contributed by atoms with E-state index in [1.165, 1.54) is 5.56 Å². The first kappa shape index (κ1) is 14.5. The van der Waals surface area contributed by atoms with Crippen LogP contribution in [-0.2, 0) is 11.2 Å². The molecule has 1 amide bonds. The molecule has 0 radical (unpaired) electrons. The second-order valence-corrected chi connectivity index (χ2v) is 6.28. The highest BCUT2D eigenvalue weighted by Gasteiger charge is 2.40. The highest BCUT2D eigenvalue weighted by atomic mass is 16.3. The molecule has 0 spiro atoms. The van der Waals surface area contributed by atoms with E-state index in [1.807, 2.05) is 18.2 Å². The van der Waals surface area contributed by atoms with Crippen molar-refractivity contribution in [2.75, 3.05) is 11.9 Å². The van der Waals surface area contributed by atoms with Crippen molar-refractivity contribution < 1.29 is 9.90 Å². The minimum atomic E-state index is -0.178. The van der Waals surface area contributed by atoms with E-state index in [-0.39, 0.29) is 12.0 Å². The molecule has 21 heavy (non-hydrogen) atoms. The Labute approximate surface area is 126 Å². The van der Waals surface area contributed by atoms with E-state index in [0.29, 0.717) is 18.6 Å². The topological polar surface area (TPSA) is 52.6 Å². The van der Waals surface area contributed by atoms with Crippen molar-refractivity contribution in [2.45, 2.75) is 57.2 Å². The predicted molar refractivity (Wildman–Crippen MR) is 83.2 cm³/mol. The van der Waals surface area contributed by atoms with E-state index in [0.717, 1.165) is 37.8 Å². The summed E-state index contributed by atoms with van der Waals surface area (Å²) in [6, 6.07) is 8.79. The van der Waals surface area contributed by atoms with Crippen LogP contribution in [0.1, 0.15) is 38.2 Å². The van der Waals surface area contributed by atoms with E-state index in [4.69, 9.17) is 0 Å². The molecule has 2 unspecified atom stereocenters. The lowest BCUT2D eigenvalue weighted by Crippen LogP contribution is -2.47. The highest BCUT2D eigenvalue weighted by molar-refractivity contribution is 5.92. The van der Waals surface area contributed by atoms with Gasteiger partial charge in [0.15, 0.2) is 0 Å². The number of carbonyl (C=O) groups is 1. The van der Waals surface area contributed by atoms with E-state index in [2.05, 4.69) is 23.2 Å². The number of benzene rings is 1. The lowest BCUT2D eigenvalue weighted by atomic mass is 10.00. The average molecular weight is 288 g/mol. The van der Waals surface area contributed by atoms with Gasteiger partial charge in [0.1, 0.15) is 0 Å². The summed E-state index contributed by atoms with van der Waals surface area (Å²) in [6.45, 7) is 2.55. The summed E-state index contributed by atoms with van der Waals surface area (Å²) in [6.07, 6.45) is 4.64. The van der Waals surface area contributed by atoms with E-state index >= 15 is 0 Å². The summed E-state index contributed by atoms with van der Waals surface area (Å²) in [5.74, 6) is 0.0524. The van der Waals surface area contributed by atoms with Gasteiger partial charge in [0.2, 0.25) is 5.91 Å². The number of carbonyl (C=O) groups excluding carboxylic acids is 1. The van der Waals surface area contributed by atoms with Crippen LogP contribution >= 0.6 is 0 Å². The molecule has 2 aliphatic heterocycles. The van der Waals surface area contributed by atoms with Crippen molar-refractivity contribution in [3.05, 3.63) is 29.8 Å². The second kappa shape index (κ2) is 6.16. The van der Waals surface area contributed by atoms with Gasteiger partial charge in [-0.15, -0.1) is 0 Å². The van der Waals surface area contributed by atoms with Crippen LogP contribution in [0.2, 0.25) is 0 Å². The highest BCUT2D eigenvalue weighted by Crippen LogP contribution is 2.35. The smallest absolute Gasteiger partial charge is 0.238 e. The molecular formula is C17H24N2O2.